The maximum atomic E-state index is 13.7. The van der Waals surface area contributed by atoms with Crippen molar-refractivity contribution in [1.29, 1.82) is 0 Å². The van der Waals surface area contributed by atoms with Crippen LogP contribution in [0.3, 0.4) is 0 Å². The summed E-state index contributed by atoms with van der Waals surface area (Å²) in [6.07, 6.45) is 1.65. The standard InChI is InChI=1S/C38H51F3N8O4/c1-27(2)23-48-17-5-19-51-30-10-7-28(8-11-30)22-42-34-45-35(47-36(46-34)53-26-38(39,40)41)44-29-9-12-31(32(21-29)52-20-6-18-48)33(50)43-24-37(13-14-37)25-49-15-3-4-16-49/h7-12,21,27H,3-6,13-20,22-26H2,1-2H3,(H,43,50)(H2,42,44,45,46,47). The number of nitrogens with one attached hydrogen (secondary N) is 3. The quantitative estimate of drug-likeness (QED) is 0.230. The topological polar surface area (TPSA) is 126 Å². The van der Waals surface area contributed by atoms with Crippen LogP contribution < -0.4 is 30.2 Å². The number of aromatic nitrogens is 3. The lowest BCUT2D eigenvalue weighted by atomic mass is 10.1. The van der Waals surface area contributed by atoms with Crippen molar-refractivity contribution in [1.82, 2.24) is 30.1 Å². The third-order valence-corrected chi connectivity index (χ3v) is 9.56. The number of carbonyl (C=O) groups is 1. The van der Waals surface area contributed by atoms with E-state index in [9.17, 15) is 18.0 Å². The second-order valence-electron chi connectivity index (χ2n) is 14.8. The average Bonchev–Trinajstić information content (AvgIpc) is 3.69. The van der Waals surface area contributed by atoms with Gasteiger partial charge < -0.3 is 40.0 Å². The Morgan fingerprint density at radius 1 is 0.925 bits per heavy atom. The van der Waals surface area contributed by atoms with Crippen molar-refractivity contribution in [2.45, 2.75) is 65.1 Å². The Morgan fingerprint density at radius 3 is 2.32 bits per heavy atom. The number of ether oxygens (including phenoxy) is 3. The monoisotopic (exact) mass is 740 g/mol. The lowest BCUT2D eigenvalue weighted by Crippen LogP contribution is -2.37. The van der Waals surface area contributed by atoms with E-state index in [0.717, 1.165) is 76.3 Å². The molecule has 1 saturated carbocycles. The zero-order valence-corrected chi connectivity index (χ0v) is 30.6. The largest absolute Gasteiger partial charge is 0.494 e. The number of halogens is 3. The normalized spacial score (nSPS) is 18.5. The number of hydrogen-bond donors (Lipinski definition) is 3. The average molecular weight is 741 g/mol. The zero-order chi connectivity index (χ0) is 37.3. The molecule has 3 aliphatic heterocycles. The molecule has 3 N–H and O–H groups in total. The Morgan fingerprint density at radius 2 is 1.62 bits per heavy atom. The summed E-state index contributed by atoms with van der Waals surface area (Å²) in [4.78, 5) is 31.1. The smallest absolute Gasteiger partial charge is 0.422 e. The van der Waals surface area contributed by atoms with E-state index in [4.69, 9.17) is 14.2 Å². The third-order valence-electron chi connectivity index (χ3n) is 9.56. The zero-order valence-electron chi connectivity index (χ0n) is 30.6. The van der Waals surface area contributed by atoms with Gasteiger partial charge >= 0.3 is 12.2 Å². The summed E-state index contributed by atoms with van der Waals surface area (Å²) in [6, 6.07) is 12.1. The number of carbonyl (C=O) groups excluding carboxylic acids is 1. The first-order valence-electron chi connectivity index (χ1n) is 18.7. The fraction of sp³-hybridized carbons (Fsp3) is 0.579. The first kappa shape index (κ1) is 38.4. The molecule has 12 nitrogen and oxygen atoms in total. The molecule has 7 rings (SSSR count). The maximum Gasteiger partial charge on any atom is 0.422 e. The molecule has 0 unspecified atom stereocenters. The molecule has 0 atom stereocenters. The number of nitrogens with zero attached hydrogens (tertiary/aromatic N) is 5. The second-order valence-corrected chi connectivity index (χ2v) is 14.8. The van der Waals surface area contributed by atoms with Crippen molar-refractivity contribution in [3.05, 3.63) is 53.6 Å². The van der Waals surface area contributed by atoms with Gasteiger partial charge in [-0.1, -0.05) is 26.0 Å². The molecule has 1 aromatic heterocycles. The predicted octanol–water partition coefficient (Wildman–Crippen LogP) is 6.28. The van der Waals surface area contributed by atoms with Gasteiger partial charge in [0.1, 0.15) is 11.5 Å². The molecule has 15 heteroatoms. The summed E-state index contributed by atoms with van der Waals surface area (Å²) in [6.45, 7) is 10.5. The molecule has 4 aliphatic rings. The number of likely N-dealkylation sites (tertiary alicyclic amines) is 1. The van der Waals surface area contributed by atoms with Crippen molar-refractivity contribution in [2.75, 3.05) is 76.3 Å². The van der Waals surface area contributed by atoms with Gasteiger partial charge in [0.15, 0.2) is 6.61 Å². The molecule has 4 heterocycles. The fourth-order valence-corrected chi connectivity index (χ4v) is 6.73. The van der Waals surface area contributed by atoms with Crippen LogP contribution in [0.1, 0.15) is 68.3 Å². The molecule has 1 amide bonds. The number of rotatable bonds is 9. The van der Waals surface area contributed by atoms with Gasteiger partial charge in [-0.3, -0.25) is 4.79 Å². The van der Waals surface area contributed by atoms with Gasteiger partial charge in [-0.15, -0.1) is 0 Å². The molecule has 3 aromatic rings. The van der Waals surface area contributed by atoms with Crippen molar-refractivity contribution >= 4 is 23.5 Å². The summed E-state index contributed by atoms with van der Waals surface area (Å²) in [5.41, 5.74) is 1.87. The van der Waals surface area contributed by atoms with Crippen LogP contribution in [-0.4, -0.2) is 102 Å². The Labute approximate surface area is 309 Å². The highest BCUT2D eigenvalue weighted by atomic mass is 19.4. The van der Waals surface area contributed by atoms with E-state index in [1.807, 2.05) is 24.3 Å². The molecule has 1 saturated heterocycles. The number of fused-ring (bicyclic) bond motifs is 11. The lowest BCUT2D eigenvalue weighted by Gasteiger charge is -2.24. The van der Waals surface area contributed by atoms with Gasteiger partial charge in [-0.05, 0) is 87.4 Å². The van der Waals surface area contributed by atoms with Crippen LogP contribution in [0.2, 0.25) is 0 Å². The molecule has 2 fully saturated rings. The van der Waals surface area contributed by atoms with Crippen molar-refractivity contribution < 1.29 is 32.2 Å². The third kappa shape index (κ3) is 12.1. The first-order chi connectivity index (χ1) is 25.5. The summed E-state index contributed by atoms with van der Waals surface area (Å²) in [5.74, 6) is 1.37. The van der Waals surface area contributed by atoms with Crippen LogP contribution in [0.25, 0.3) is 0 Å². The highest BCUT2D eigenvalue weighted by Crippen LogP contribution is 2.46. The summed E-state index contributed by atoms with van der Waals surface area (Å²) >= 11 is 0. The predicted molar refractivity (Wildman–Crippen MR) is 196 cm³/mol. The van der Waals surface area contributed by atoms with Gasteiger partial charge in [-0.2, -0.15) is 28.1 Å². The van der Waals surface area contributed by atoms with Gasteiger partial charge in [0, 0.05) is 56.4 Å². The van der Waals surface area contributed by atoms with Crippen LogP contribution in [0, 0.1) is 11.3 Å². The summed E-state index contributed by atoms with van der Waals surface area (Å²) < 4.78 is 56.4. The van der Waals surface area contributed by atoms with Crippen LogP contribution in [-0.2, 0) is 6.54 Å². The van der Waals surface area contributed by atoms with Crippen LogP contribution in [0.5, 0.6) is 17.5 Å². The van der Waals surface area contributed by atoms with E-state index in [1.165, 1.54) is 12.8 Å². The number of amides is 1. The maximum absolute atomic E-state index is 13.7. The van der Waals surface area contributed by atoms with E-state index in [-0.39, 0.29) is 29.8 Å². The molecule has 6 bridgehead atoms. The van der Waals surface area contributed by atoms with Crippen LogP contribution in [0.4, 0.5) is 30.8 Å². The molecule has 1 aliphatic carbocycles. The number of benzene rings is 2. The number of hydrogen-bond acceptors (Lipinski definition) is 11. The summed E-state index contributed by atoms with van der Waals surface area (Å²) in [5, 5.41) is 9.28. The van der Waals surface area contributed by atoms with Crippen LogP contribution in [0.15, 0.2) is 42.5 Å². The molecule has 288 valence electrons. The molecular formula is C38H51F3N8O4. The Balaban J connectivity index is 1.24. The molecule has 53 heavy (non-hydrogen) atoms. The van der Waals surface area contributed by atoms with Crippen LogP contribution >= 0.6 is 0 Å². The molecular weight excluding hydrogens is 689 g/mol. The highest BCUT2D eigenvalue weighted by Gasteiger charge is 2.44. The van der Waals surface area contributed by atoms with Gasteiger partial charge in [0.05, 0.1) is 18.8 Å². The second kappa shape index (κ2) is 17.6. The molecule has 2 aromatic carbocycles. The first-order valence-corrected chi connectivity index (χ1v) is 18.7. The molecule has 0 spiro atoms. The highest BCUT2D eigenvalue weighted by molar-refractivity contribution is 5.97. The van der Waals surface area contributed by atoms with E-state index in [1.54, 1.807) is 18.2 Å². The minimum absolute atomic E-state index is 0.0171. The number of alkyl halides is 3. The van der Waals surface area contributed by atoms with Gasteiger partial charge in [0.2, 0.25) is 11.9 Å². The molecule has 0 radical (unpaired) electrons. The fourth-order valence-electron chi connectivity index (χ4n) is 6.73. The minimum Gasteiger partial charge on any atom is -0.494 e. The van der Waals surface area contributed by atoms with Gasteiger partial charge in [-0.25, -0.2) is 0 Å². The van der Waals surface area contributed by atoms with E-state index in [2.05, 4.69) is 54.5 Å². The summed E-state index contributed by atoms with van der Waals surface area (Å²) in [7, 11) is 0. The van der Waals surface area contributed by atoms with Crippen molar-refractivity contribution in [3.8, 4) is 17.5 Å². The van der Waals surface area contributed by atoms with E-state index in [0.29, 0.717) is 42.7 Å². The SMILES string of the molecule is CC(C)CN1CCCOc2ccc(cc2)CNc2nc(nc(OCC(F)(F)F)n2)Nc2ccc(C(=O)NCC3(CN4CCCC4)CC3)c(c2)OCCC1. The van der Waals surface area contributed by atoms with E-state index >= 15 is 0 Å². The van der Waals surface area contributed by atoms with Crippen molar-refractivity contribution in [2.24, 2.45) is 11.3 Å². The lowest BCUT2D eigenvalue weighted by molar-refractivity contribution is -0.154. The van der Waals surface area contributed by atoms with E-state index < -0.39 is 18.8 Å². The van der Waals surface area contributed by atoms with Gasteiger partial charge in [0.25, 0.3) is 5.91 Å². The number of anilines is 3. The Bertz CT molecular complexity index is 1650. The minimum atomic E-state index is -4.58. The van der Waals surface area contributed by atoms with Crippen molar-refractivity contribution in [3.63, 3.8) is 0 Å². The Kier molecular flexibility index (Phi) is 12.8. The Hall–Kier alpha value is -4.37.